The summed E-state index contributed by atoms with van der Waals surface area (Å²) in [5.74, 6) is -0.151. The average Bonchev–Trinajstić information content (AvgIpc) is 4.00. The van der Waals surface area contributed by atoms with Gasteiger partial charge in [-0.05, 0) is 50.6 Å². The number of nitrogens with zero attached hydrogens (tertiary/aromatic N) is 7. The van der Waals surface area contributed by atoms with Gasteiger partial charge in [0.2, 0.25) is 23.6 Å². The average molecular weight is 840 g/mol. The molecule has 5 heterocycles. The van der Waals surface area contributed by atoms with Crippen molar-refractivity contribution in [3.05, 3.63) is 82.3 Å². The maximum atomic E-state index is 13.8. The first-order chi connectivity index (χ1) is 29.5. The molecule has 7 rings (SSSR count). The number of aromatic nitrogens is 7. The summed E-state index contributed by atoms with van der Waals surface area (Å²) in [6.07, 6.45) is 3.43. The maximum Gasteiger partial charge on any atom is 0.295 e. The molecular formula is C41H49N11O9. The van der Waals surface area contributed by atoms with E-state index in [-0.39, 0.29) is 69.3 Å². The van der Waals surface area contributed by atoms with E-state index in [2.05, 4.69) is 26.0 Å². The van der Waals surface area contributed by atoms with Crippen LogP contribution in [0, 0.1) is 13.8 Å². The lowest BCUT2D eigenvalue weighted by Gasteiger charge is -2.17. The molecule has 1 atom stereocenters. The van der Waals surface area contributed by atoms with E-state index in [9.17, 15) is 19.5 Å². The monoisotopic (exact) mass is 839 g/mol. The van der Waals surface area contributed by atoms with Crippen LogP contribution in [0.15, 0.2) is 46.9 Å². The summed E-state index contributed by atoms with van der Waals surface area (Å²) >= 11 is 0. The molecule has 4 aromatic heterocycles. The largest absolute Gasteiger partial charge is 0.491 e. The molecule has 1 unspecified atom stereocenters. The number of hydrogen-bond donors (Lipinski definition) is 6. The molecule has 61 heavy (non-hydrogen) atoms. The number of imidazole rings is 2. The van der Waals surface area contributed by atoms with Gasteiger partial charge in [0.15, 0.2) is 5.89 Å². The Labute approximate surface area is 349 Å². The molecular weight excluding hydrogens is 791 g/mol. The molecule has 0 bridgehead atoms. The molecule has 3 amide bonds. The van der Waals surface area contributed by atoms with Crippen LogP contribution in [0.1, 0.15) is 80.7 Å². The van der Waals surface area contributed by atoms with Gasteiger partial charge in [-0.25, -0.2) is 15.0 Å². The van der Waals surface area contributed by atoms with Crippen molar-refractivity contribution in [1.29, 1.82) is 0 Å². The van der Waals surface area contributed by atoms with Crippen molar-refractivity contribution in [2.24, 2.45) is 5.73 Å². The van der Waals surface area contributed by atoms with Gasteiger partial charge < -0.3 is 43.7 Å². The number of aliphatic hydroxyl groups is 2. The molecule has 0 saturated carbocycles. The van der Waals surface area contributed by atoms with Gasteiger partial charge in [-0.1, -0.05) is 19.1 Å². The number of rotatable bonds is 14. The Morgan fingerprint density at radius 2 is 1.54 bits per heavy atom. The molecule has 1 aliphatic rings. The molecule has 2 aromatic carbocycles. The van der Waals surface area contributed by atoms with Crippen molar-refractivity contribution >= 4 is 51.7 Å². The van der Waals surface area contributed by atoms with Gasteiger partial charge >= 0.3 is 0 Å². The summed E-state index contributed by atoms with van der Waals surface area (Å²) in [7, 11) is 0. The fourth-order valence-electron chi connectivity index (χ4n) is 7.06. The summed E-state index contributed by atoms with van der Waals surface area (Å²) < 4.78 is 28.9. The molecule has 1 aliphatic heterocycles. The van der Waals surface area contributed by atoms with E-state index in [1.54, 1.807) is 45.0 Å². The van der Waals surface area contributed by atoms with E-state index >= 15 is 0 Å². The molecule has 20 nitrogen and oxygen atoms in total. The van der Waals surface area contributed by atoms with Crippen molar-refractivity contribution < 1.29 is 43.2 Å². The third kappa shape index (κ3) is 9.26. The quantitative estimate of drug-likeness (QED) is 0.0522. The van der Waals surface area contributed by atoms with Gasteiger partial charge in [0.1, 0.15) is 34.5 Å². The summed E-state index contributed by atoms with van der Waals surface area (Å²) in [6, 6.07) is 8.21. The molecule has 0 radical (unpaired) electrons. The number of ether oxygens (including phenoxy) is 3. The number of carbonyl (C=O) groups excluding carboxylic acids is 3. The van der Waals surface area contributed by atoms with Gasteiger partial charge in [-0.2, -0.15) is 5.10 Å². The molecule has 0 spiro atoms. The first kappa shape index (κ1) is 42.5. The molecule has 0 aliphatic carbocycles. The van der Waals surface area contributed by atoms with Crippen molar-refractivity contribution in [2.75, 3.05) is 50.2 Å². The zero-order valence-corrected chi connectivity index (χ0v) is 34.4. The Kier molecular flexibility index (Phi) is 13.1. The second-order valence-electron chi connectivity index (χ2n) is 14.2. The smallest absolute Gasteiger partial charge is 0.295 e. The van der Waals surface area contributed by atoms with Gasteiger partial charge in [0, 0.05) is 50.7 Å². The molecule has 6 aromatic rings. The Morgan fingerprint density at radius 1 is 0.885 bits per heavy atom. The minimum Gasteiger partial charge on any atom is -0.491 e. The maximum absolute atomic E-state index is 13.8. The number of benzene rings is 2. The topological polar surface area (TPSA) is 261 Å². The molecule has 0 saturated heterocycles. The number of hydrogen-bond acceptors (Lipinski definition) is 14. The second-order valence-corrected chi connectivity index (χ2v) is 14.2. The second kappa shape index (κ2) is 18.8. The number of carbonyl (C=O) groups is 3. The number of oxazole rings is 1. The number of nitrogens with two attached hydrogens (primary N) is 1. The number of anilines is 2. The number of nitrogens with one attached hydrogen (secondary N) is 3. The lowest BCUT2D eigenvalue weighted by molar-refractivity contribution is 0.0767. The van der Waals surface area contributed by atoms with Gasteiger partial charge in [0.05, 0.1) is 55.5 Å². The predicted molar refractivity (Wildman–Crippen MR) is 223 cm³/mol. The van der Waals surface area contributed by atoms with Crippen LogP contribution >= 0.6 is 0 Å². The highest BCUT2D eigenvalue weighted by Gasteiger charge is 2.25. The Balaban J connectivity index is 1.29. The Morgan fingerprint density at radius 3 is 2.18 bits per heavy atom. The zero-order chi connectivity index (χ0) is 43.2. The van der Waals surface area contributed by atoms with E-state index in [1.165, 1.54) is 6.07 Å². The van der Waals surface area contributed by atoms with Crippen LogP contribution in [0.5, 0.6) is 11.5 Å². The SMILES string of the molecule is CCc1nc(C)oc1C(=O)Nc1nc2cc(C(N)=O)cc3c2n1C/C=C/Cn1c(NC(=O)c2cc(C)nn2CC)nc2cc(C(O)NCCOCCO)cc(c21)OCCCO3. The summed E-state index contributed by atoms with van der Waals surface area (Å²) in [4.78, 5) is 53.8. The van der Waals surface area contributed by atoms with Crippen LogP contribution in [0.25, 0.3) is 22.1 Å². The standard InChI is InChI=1S/C41H49N11O9/c1-5-27-35(61-24(4)44-27)39(57)48-41-45-28-19-25(36(42)54)21-31-33(28)51(41)12-8-7-11-50-34-29(46-40(50)47-38(56)30-18-23(3)49-52(30)6-2)20-26(22-32(34)60-15-9-14-59-31)37(55)43-10-16-58-17-13-53/h7-8,18-22,37,43,53,55H,5-6,9-17H2,1-4H3,(H2,42,54)(H,45,48,57)(H,46,47,56)/b8-7+. The van der Waals surface area contributed by atoms with Crippen molar-refractivity contribution in [3.8, 4) is 11.5 Å². The van der Waals surface area contributed by atoms with Crippen LogP contribution in [0.4, 0.5) is 11.9 Å². The normalized spacial score (nSPS) is 14.2. The lowest BCUT2D eigenvalue weighted by Crippen LogP contribution is -2.25. The number of allylic oxidation sites excluding steroid dienone is 2. The summed E-state index contributed by atoms with van der Waals surface area (Å²) in [5.41, 5.74) is 9.74. The van der Waals surface area contributed by atoms with E-state index in [0.717, 1.165) is 0 Å². The molecule has 322 valence electrons. The van der Waals surface area contributed by atoms with Crippen molar-refractivity contribution in [2.45, 2.75) is 66.4 Å². The summed E-state index contributed by atoms with van der Waals surface area (Å²) in [5, 5.41) is 33.5. The van der Waals surface area contributed by atoms with E-state index < -0.39 is 23.9 Å². The Bertz CT molecular complexity index is 2600. The fourth-order valence-corrected chi connectivity index (χ4v) is 7.06. The highest BCUT2D eigenvalue weighted by Crippen LogP contribution is 2.35. The van der Waals surface area contributed by atoms with E-state index in [1.807, 2.05) is 32.9 Å². The molecule has 7 N–H and O–H groups in total. The number of primary amides is 1. The third-order valence-electron chi connectivity index (χ3n) is 9.83. The molecule has 20 heteroatoms. The van der Waals surface area contributed by atoms with Crippen LogP contribution in [-0.2, 0) is 30.8 Å². The van der Waals surface area contributed by atoms with Gasteiger partial charge in [0.25, 0.3) is 11.8 Å². The minimum atomic E-state index is -1.13. The first-order valence-corrected chi connectivity index (χ1v) is 20.0. The number of amides is 3. The number of aryl methyl sites for hydroxylation is 4. The van der Waals surface area contributed by atoms with E-state index in [0.29, 0.717) is 88.0 Å². The highest BCUT2D eigenvalue weighted by molar-refractivity contribution is 6.05. The van der Waals surface area contributed by atoms with Crippen LogP contribution in [0.2, 0.25) is 0 Å². The zero-order valence-electron chi connectivity index (χ0n) is 34.4. The van der Waals surface area contributed by atoms with Crippen molar-refractivity contribution in [1.82, 2.24) is 39.2 Å². The van der Waals surface area contributed by atoms with E-state index in [4.69, 9.17) is 39.4 Å². The van der Waals surface area contributed by atoms with Crippen LogP contribution in [0.3, 0.4) is 0 Å². The van der Waals surface area contributed by atoms with Gasteiger partial charge in [-0.15, -0.1) is 0 Å². The lowest BCUT2D eigenvalue weighted by atomic mass is 10.1. The fraction of sp³-hybridized carbons (Fsp3) is 0.390. The Hall–Kier alpha value is -6.61. The number of aliphatic hydroxyl groups excluding tert-OH is 2. The van der Waals surface area contributed by atoms with Crippen molar-refractivity contribution in [3.63, 3.8) is 0 Å². The predicted octanol–water partition coefficient (Wildman–Crippen LogP) is 3.38. The van der Waals surface area contributed by atoms with Crippen LogP contribution in [-0.4, -0.2) is 101 Å². The minimum absolute atomic E-state index is 0.0647. The molecule has 0 fully saturated rings. The summed E-state index contributed by atoms with van der Waals surface area (Å²) in [6.45, 7) is 9.00. The first-order valence-electron chi connectivity index (χ1n) is 20.0. The van der Waals surface area contributed by atoms with Crippen LogP contribution < -0.4 is 31.2 Å². The third-order valence-corrected chi connectivity index (χ3v) is 9.83. The highest BCUT2D eigenvalue weighted by atomic mass is 16.5. The van der Waals surface area contributed by atoms with Gasteiger partial charge in [-0.3, -0.25) is 35.0 Å².